The summed E-state index contributed by atoms with van der Waals surface area (Å²) in [4.78, 5) is 15.0. The van der Waals surface area contributed by atoms with Gasteiger partial charge >= 0.3 is 5.97 Å². The lowest BCUT2D eigenvalue weighted by Gasteiger charge is -2.14. The number of para-hydroxylation sites is 1. The average molecular weight is 256 g/mol. The van der Waals surface area contributed by atoms with E-state index in [0.29, 0.717) is 12.3 Å². The normalized spacial score (nSPS) is 16.5. The number of hydrogen-bond donors (Lipinski definition) is 2. The summed E-state index contributed by atoms with van der Waals surface area (Å²) in [6.07, 6.45) is 2.91. The highest BCUT2D eigenvalue weighted by Crippen LogP contribution is 2.34. The second-order valence-corrected chi connectivity index (χ2v) is 4.27. The lowest BCUT2D eigenvalue weighted by atomic mass is 10.1. The van der Waals surface area contributed by atoms with Crippen molar-refractivity contribution < 1.29 is 14.6 Å². The number of carbonyl (C=O) groups is 1. The van der Waals surface area contributed by atoms with E-state index in [1.807, 2.05) is 24.3 Å². The van der Waals surface area contributed by atoms with Gasteiger partial charge in [0.25, 0.3) is 0 Å². The summed E-state index contributed by atoms with van der Waals surface area (Å²) in [7, 11) is 0. The van der Waals surface area contributed by atoms with Crippen molar-refractivity contribution in [2.75, 3.05) is 11.9 Å². The molecule has 0 radical (unpaired) electrons. The van der Waals surface area contributed by atoms with Gasteiger partial charge in [-0.25, -0.2) is 4.79 Å². The van der Waals surface area contributed by atoms with Gasteiger partial charge in [-0.1, -0.05) is 18.2 Å². The Bertz CT molecular complexity index is 628. The number of fused-ring (bicyclic) bond motifs is 1. The molecule has 96 valence electrons. The fourth-order valence-corrected chi connectivity index (χ4v) is 2.16. The summed E-state index contributed by atoms with van der Waals surface area (Å²) < 4.78 is 5.56. The molecule has 2 N–H and O–H groups in total. The molecule has 3 rings (SSSR count). The molecule has 2 heterocycles. The fourth-order valence-electron chi connectivity index (χ4n) is 2.16. The molecule has 1 aromatic heterocycles. The number of pyridine rings is 1. The maximum absolute atomic E-state index is 11.1. The van der Waals surface area contributed by atoms with Gasteiger partial charge in [-0.05, 0) is 12.1 Å². The number of carboxylic acids is 1. The molecule has 0 saturated carbocycles. The number of anilines is 1. The first-order chi connectivity index (χ1) is 9.25. The summed E-state index contributed by atoms with van der Waals surface area (Å²) in [5.74, 6) is -0.159. The maximum atomic E-state index is 11.1. The number of nitrogens with one attached hydrogen (secondary N) is 1. The van der Waals surface area contributed by atoms with E-state index < -0.39 is 5.97 Å². The summed E-state index contributed by atoms with van der Waals surface area (Å²) in [5, 5.41) is 12.3. The lowest BCUT2D eigenvalue weighted by Crippen LogP contribution is -2.14. The second-order valence-electron chi connectivity index (χ2n) is 4.27. The zero-order valence-electron chi connectivity index (χ0n) is 10.0. The van der Waals surface area contributed by atoms with Crippen LogP contribution >= 0.6 is 0 Å². The van der Waals surface area contributed by atoms with Crippen molar-refractivity contribution in [1.29, 1.82) is 0 Å². The third-order valence-electron chi connectivity index (χ3n) is 3.08. The zero-order valence-corrected chi connectivity index (χ0v) is 10.0. The first-order valence-electron chi connectivity index (χ1n) is 5.91. The number of ether oxygens (including phenoxy) is 1. The molecule has 0 aliphatic carbocycles. The molecule has 1 aromatic carbocycles. The minimum atomic E-state index is -0.997. The first-order valence-corrected chi connectivity index (χ1v) is 5.91. The van der Waals surface area contributed by atoms with Crippen molar-refractivity contribution in [1.82, 2.24) is 4.98 Å². The Hall–Kier alpha value is -2.56. The van der Waals surface area contributed by atoms with Crippen molar-refractivity contribution in [3.05, 3.63) is 53.9 Å². The minimum Gasteiger partial charge on any atom is -0.491 e. The molecule has 5 heteroatoms. The van der Waals surface area contributed by atoms with Crippen LogP contribution in [0.4, 0.5) is 5.69 Å². The van der Waals surface area contributed by atoms with Gasteiger partial charge in [-0.3, -0.25) is 4.98 Å². The van der Waals surface area contributed by atoms with E-state index in [1.165, 1.54) is 6.20 Å². The molecular weight excluding hydrogens is 244 g/mol. The third-order valence-corrected chi connectivity index (χ3v) is 3.08. The van der Waals surface area contributed by atoms with Crippen LogP contribution in [0.5, 0.6) is 5.75 Å². The van der Waals surface area contributed by atoms with E-state index in [2.05, 4.69) is 10.3 Å². The van der Waals surface area contributed by atoms with E-state index in [1.54, 1.807) is 12.3 Å². The lowest BCUT2D eigenvalue weighted by molar-refractivity contribution is 0.0697. The molecule has 0 spiro atoms. The molecule has 1 aliphatic rings. The van der Waals surface area contributed by atoms with Crippen molar-refractivity contribution in [3.8, 4) is 5.75 Å². The van der Waals surface area contributed by atoms with Gasteiger partial charge in [0.2, 0.25) is 0 Å². The first kappa shape index (κ1) is 11.5. The predicted molar refractivity (Wildman–Crippen MR) is 69.5 cm³/mol. The standard InChI is InChI=1S/C14H12N2O3/c17-14(18)10-7-15-6-5-11(10)16-12-8-19-13-4-2-1-3-9(12)13/h1-7,12H,8H2,(H,15,16)(H,17,18). The summed E-state index contributed by atoms with van der Waals surface area (Å²) in [6, 6.07) is 9.34. The Morgan fingerprint density at radius 3 is 3.05 bits per heavy atom. The van der Waals surface area contributed by atoms with Gasteiger partial charge in [-0.2, -0.15) is 0 Å². The van der Waals surface area contributed by atoms with E-state index in [-0.39, 0.29) is 11.6 Å². The topological polar surface area (TPSA) is 71.5 Å². The summed E-state index contributed by atoms with van der Waals surface area (Å²) in [6.45, 7) is 0.487. The second kappa shape index (κ2) is 4.61. The van der Waals surface area contributed by atoms with Gasteiger partial charge < -0.3 is 15.2 Å². The van der Waals surface area contributed by atoms with Gasteiger partial charge in [0, 0.05) is 18.0 Å². The van der Waals surface area contributed by atoms with Crippen LogP contribution in [0.1, 0.15) is 22.0 Å². The van der Waals surface area contributed by atoms with E-state index in [9.17, 15) is 4.79 Å². The van der Waals surface area contributed by atoms with Gasteiger partial charge in [0.1, 0.15) is 17.9 Å². The van der Waals surface area contributed by atoms with E-state index in [0.717, 1.165) is 11.3 Å². The molecule has 5 nitrogen and oxygen atoms in total. The molecule has 1 unspecified atom stereocenters. The smallest absolute Gasteiger partial charge is 0.339 e. The predicted octanol–water partition coefficient (Wildman–Crippen LogP) is 2.33. The van der Waals surface area contributed by atoms with Gasteiger partial charge in [0.05, 0.1) is 11.7 Å². The Morgan fingerprint density at radius 1 is 1.37 bits per heavy atom. The van der Waals surface area contributed by atoms with Crippen molar-refractivity contribution in [2.45, 2.75) is 6.04 Å². The summed E-state index contributed by atoms with van der Waals surface area (Å²) >= 11 is 0. The summed E-state index contributed by atoms with van der Waals surface area (Å²) in [5.41, 5.74) is 1.75. The quantitative estimate of drug-likeness (QED) is 0.881. The van der Waals surface area contributed by atoms with E-state index >= 15 is 0 Å². The number of aromatic nitrogens is 1. The van der Waals surface area contributed by atoms with Crippen LogP contribution in [0.15, 0.2) is 42.7 Å². The van der Waals surface area contributed by atoms with Crippen LogP contribution in [-0.2, 0) is 0 Å². The number of nitrogens with zero attached hydrogens (tertiary/aromatic N) is 1. The van der Waals surface area contributed by atoms with Crippen LogP contribution in [-0.4, -0.2) is 22.7 Å². The molecule has 0 bridgehead atoms. The average Bonchev–Trinajstić information content (AvgIpc) is 2.83. The van der Waals surface area contributed by atoms with Gasteiger partial charge in [0.15, 0.2) is 0 Å². The Labute approximate surface area is 109 Å². The third kappa shape index (κ3) is 2.10. The van der Waals surface area contributed by atoms with Crippen molar-refractivity contribution in [2.24, 2.45) is 0 Å². The molecule has 1 atom stereocenters. The zero-order chi connectivity index (χ0) is 13.2. The molecule has 0 saturated heterocycles. The molecule has 0 fully saturated rings. The fraction of sp³-hybridized carbons (Fsp3) is 0.143. The SMILES string of the molecule is O=C(O)c1cnccc1NC1COc2ccccc21. The molecule has 0 amide bonds. The van der Waals surface area contributed by atoms with Gasteiger partial charge in [-0.15, -0.1) is 0 Å². The molecule has 2 aromatic rings. The highest BCUT2D eigenvalue weighted by molar-refractivity contribution is 5.93. The van der Waals surface area contributed by atoms with E-state index in [4.69, 9.17) is 9.84 Å². The number of carboxylic acid groups (broad SMARTS) is 1. The van der Waals surface area contributed by atoms with Crippen LogP contribution < -0.4 is 10.1 Å². The highest BCUT2D eigenvalue weighted by Gasteiger charge is 2.24. The van der Waals surface area contributed by atoms with Crippen molar-refractivity contribution in [3.63, 3.8) is 0 Å². The van der Waals surface area contributed by atoms with Crippen LogP contribution in [0.25, 0.3) is 0 Å². The molecule has 19 heavy (non-hydrogen) atoms. The number of hydrogen-bond acceptors (Lipinski definition) is 4. The van der Waals surface area contributed by atoms with Crippen LogP contribution in [0.2, 0.25) is 0 Å². The Kier molecular flexibility index (Phi) is 2.79. The molecule has 1 aliphatic heterocycles. The van der Waals surface area contributed by atoms with Crippen LogP contribution in [0.3, 0.4) is 0 Å². The Balaban J connectivity index is 1.90. The monoisotopic (exact) mass is 256 g/mol. The van der Waals surface area contributed by atoms with Crippen molar-refractivity contribution >= 4 is 11.7 Å². The Morgan fingerprint density at radius 2 is 2.21 bits per heavy atom. The van der Waals surface area contributed by atoms with Crippen LogP contribution in [0, 0.1) is 0 Å². The highest BCUT2D eigenvalue weighted by atomic mass is 16.5. The maximum Gasteiger partial charge on any atom is 0.339 e. The number of benzene rings is 1. The molecular formula is C14H12N2O3. The largest absolute Gasteiger partial charge is 0.491 e. The number of rotatable bonds is 3. The number of aromatic carboxylic acids is 1. The minimum absolute atomic E-state index is 0.0447.